The Morgan fingerprint density at radius 3 is 2.77 bits per heavy atom. The second kappa shape index (κ2) is 8.93. The first-order valence-electron chi connectivity index (χ1n) is 10.5. The van der Waals surface area contributed by atoms with Gasteiger partial charge in [-0.3, -0.25) is 9.80 Å². The highest BCUT2D eigenvalue weighted by Crippen LogP contribution is 2.32. The van der Waals surface area contributed by atoms with Gasteiger partial charge in [-0.2, -0.15) is 0 Å². The minimum absolute atomic E-state index is 0.00779. The van der Waals surface area contributed by atoms with Gasteiger partial charge in [0.05, 0.1) is 24.4 Å². The van der Waals surface area contributed by atoms with Gasteiger partial charge >= 0.3 is 12.2 Å². The van der Waals surface area contributed by atoms with Gasteiger partial charge in [0, 0.05) is 13.7 Å². The number of aryl methyl sites for hydroxylation is 1. The second-order valence-electron chi connectivity index (χ2n) is 7.88. The fourth-order valence-electron chi connectivity index (χ4n) is 3.92. The molecule has 0 spiro atoms. The van der Waals surface area contributed by atoms with E-state index in [-0.39, 0.29) is 18.2 Å². The second-order valence-corrected chi connectivity index (χ2v) is 7.88. The molecule has 164 valence electrons. The highest BCUT2D eigenvalue weighted by molar-refractivity contribution is 5.89. The van der Waals surface area contributed by atoms with Crippen LogP contribution in [0.1, 0.15) is 43.2 Å². The molecule has 1 aromatic heterocycles. The van der Waals surface area contributed by atoms with Gasteiger partial charge in [-0.25, -0.2) is 14.6 Å². The quantitative estimate of drug-likeness (QED) is 0.718. The van der Waals surface area contributed by atoms with Crippen LogP contribution < -0.4 is 9.64 Å². The summed E-state index contributed by atoms with van der Waals surface area (Å²) in [5.41, 5.74) is 2.56. The molecular weight excluding hydrogens is 398 g/mol. The Hall–Kier alpha value is -3.13. The largest absolute Gasteiger partial charge is 0.447 e. The lowest BCUT2D eigenvalue weighted by Gasteiger charge is -2.30. The van der Waals surface area contributed by atoms with Crippen LogP contribution in [0.2, 0.25) is 0 Å². The van der Waals surface area contributed by atoms with Crippen LogP contribution in [0.25, 0.3) is 0 Å². The molecule has 0 saturated carbocycles. The summed E-state index contributed by atoms with van der Waals surface area (Å²) in [6.07, 6.45) is 0.517. The van der Waals surface area contributed by atoms with Crippen molar-refractivity contribution in [2.45, 2.75) is 45.4 Å². The zero-order chi connectivity index (χ0) is 22.0. The Morgan fingerprint density at radius 1 is 1.32 bits per heavy atom. The lowest BCUT2D eigenvalue weighted by atomic mass is 10.00. The summed E-state index contributed by atoms with van der Waals surface area (Å²) in [5, 5.41) is 0. The van der Waals surface area contributed by atoms with Crippen LogP contribution in [0.15, 0.2) is 36.4 Å². The molecule has 0 N–H and O–H groups in total. The molecule has 2 aromatic rings. The molecule has 1 unspecified atom stereocenters. The van der Waals surface area contributed by atoms with E-state index < -0.39 is 6.09 Å². The van der Waals surface area contributed by atoms with E-state index >= 15 is 0 Å². The van der Waals surface area contributed by atoms with Gasteiger partial charge in [-0.1, -0.05) is 18.2 Å². The van der Waals surface area contributed by atoms with E-state index in [2.05, 4.69) is 0 Å². The number of fused-ring (bicyclic) bond motifs is 1. The van der Waals surface area contributed by atoms with Crippen LogP contribution in [0.3, 0.4) is 0 Å². The Labute approximate surface area is 181 Å². The van der Waals surface area contributed by atoms with Gasteiger partial charge in [0.25, 0.3) is 0 Å². The number of amides is 2. The van der Waals surface area contributed by atoms with Crippen LogP contribution in [0.5, 0.6) is 5.75 Å². The van der Waals surface area contributed by atoms with Gasteiger partial charge in [0.15, 0.2) is 0 Å². The summed E-state index contributed by atoms with van der Waals surface area (Å²) in [6.45, 7) is 5.15. The van der Waals surface area contributed by atoms with Crippen molar-refractivity contribution >= 4 is 18.0 Å². The Bertz CT molecular complexity index is 965. The van der Waals surface area contributed by atoms with Crippen molar-refractivity contribution in [2.24, 2.45) is 0 Å². The number of nitrogens with zero attached hydrogens (tertiary/aromatic N) is 3. The number of carbonyl (C=O) groups is 2. The van der Waals surface area contributed by atoms with Crippen molar-refractivity contribution in [2.75, 3.05) is 25.2 Å². The number of pyridine rings is 1. The average Bonchev–Trinajstić information content (AvgIpc) is 3.10. The third kappa shape index (κ3) is 4.34. The Kier molecular flexibility index (Phi) is 6.08. The molecule has 8 nitrogen and oxygen atoms in total. The van der Waals surface area contributed by atoms with Gasteiger partial charge in [-0.05, 0) is 56.0 Å². The monoisotopic (exact) mass is 425 g/mol. The lowest BCUT2D eigenvalue weighted by Crippen LogP contribution is -2.39. The SMILES string of the molecule is COC(C)c1nc2c(cc1CN1C(=O)OC[C@@H]1C)CCCN2C(=O)Oc1ccccc1. The van der Waals surface area contributed by atoms with E-state index in [1.54, 1.807) is 29.0 Å². The summed E-state index contributed by atoms with van der Waals surface area (Å²) in [5.74, 6) is 1.08. The number of aromatic nitrogens is 1. The van der Waals surface area contributed by atoms with Crippen LogP contribution >= 0.6 is 0 Å². The van der Waals surface area contributed by atoms with Gasteiger partial charge in [0.2, 0.25) is 0 Å². The number of methoxy groups -OCH3 is 1. The molecule has 0 bridgehead atoms. The molecule has 2 aliphatic rings. The maximum absolute atomic E-state index is 12.9. The van der Waals surface area contributed by atoms with Gasteiger partial charge in [0.1, 0.15) is 18.2 Å². The fraction of sp³-hybridized carbons (Fsp3) is 0.435. The topological polar surface area (TPSA) is 81.2 Å². The smallest absolute Gasteiger partial charge is 0.420 e. The van der Waals surface area contributed by atoms with E-state index in [0.29, 0.717) is 37.0 Å². The first-order valence-corrected chi connectivity index (χ1v) is 10.5. The summed E-state index contributed by atoms with van der Waals surface area (Å²) in [4.78, 5) is 33.1. The van der Waals surface area contributed by atoms with Crippen LogP contribution in [0.4, 0.5) is 15.4 Å². The molecule has 1 saturated heterocycles. The highest BCUT2D eigenvalue weighted by atomic mass is 16.6. The zero-order valence-corrected chi connectivity index (χ0v) is 18.0. The summed E-state index contributed by atoms with van der Waals surface area (Å²) in [7, 11) is 1.61. The van der Waals surface area contributed by atoms with Crippen LogP contribution in [-0.4, -0.2) is 48.4 Å². The van der Waals surface area contributed by atoms with Crippen molar-refractivity contribution in [3.05, 3.63) is 53.2 Å². The number of rotatable bonds is 5. The standard InChI is InChI=1S/C23H27N3O5/c1-15-14-30-22(27)26(15)13-18-12-17-8-7-11-25(21(17)24-20(18)16(2)29-3)23(28)31-19-9-5-4-6-10-19/h4-6,9-10,12,15-16H,7-8,11,13-14H2,1-3H3/t15-,16?/m0/s1. The van der Waals surface area contributed by atoms with Gasteiger partial charge in [-0.15, -0.1) is 0 Å². The third-order valence-electron chi connectivity index (χ3n) is 5.74. The fourth-order valence-corrected chi connectivity index (χ4v) is 3.92. The first-order chi connectivity index (χ1) is 15.0. The minimum Gasteiger partial charge on any atom is -0.447 e. The molecule has 8 heteroatoms. The molecule has 2 aliphatic heterocycles. The highest BCUT2D eigenvalue weighted by Gasteiger charge is 2.33. The van der Waals surface area contributed by atoms with E-state index in [4.69, 9.17) is 19.2 Å². The van der Waals surface area contributed by atoms with E-state index in [1.165, 1.54) is 0 Å². The maximum Gasteiger partial charge on any atom is 0.420 e. The van der Waals surface area contributed by atoms with E-state index in [0.717, 1.165) is 24.0 Å². The number of ether oxygens (including phenoxy) is 3. The van der Waals surface area contributed by atoms with Gasteiger partial charge < -0.3 is 14.2 Å². The van der Waals surface area contributed by atoms with Crippen molar-refractivity contribution in [1.29, 1.82) is 0 Å². The van der Waals surface area contributed by atoms with E-state index in [9.17, 15) is 9.59 Å². The van der Waals surface area contributed by atoms with Crippen molar-refractivity contribution in [3.63, 3.8) is 0 Å². The summed E-state index contributed by atoms with van der Waals surface area (Å²) < 4.78 is 16.3. The number of cyclic esters (lactones) is 1. The van der Waals surface area contributed by atoms with E-state index in [1.807, 2.05) is 38.1 Å². The molecular formula is C23H27N3O5. The number of hydrogen-bond donors (Lipinski definition) is 0. The van der Waals surface area contributed by atoms with Crippen molar-refractivity contribution < 1.29 is 23.8 Å². The number of anilines is 1. The molecule has 3 heterocycles. The number of carbonyl (C=O) groups excluding carboxylic acids is 2. The van der Waals surface area contributed by atoms with Crippen molar-refractivity contribution in [3.8, 4) is 5.75 Å². The molecule has 1 fully saturated rings. The van der Waals surface area contributed by atoms with Crippen LogP contribution in [-0.2, 0) is 22.4 Å². The zero-order valence-electron chi connectivity index (χ0n) is 18.0. The average molecular weight is 425 g/mol. The summed E-state index contributed by atoms with van der Waals surface area (Å²) >= 11 is 0. The minimum atomic E-state index is -0.458. The third-order valence-corrected chi connectivity index (χ3v) is 5.74. The molecule has 0 radical (unpaired) electrons. The first kappa shape index (κ1) is 21.1. The molecule has 31 heavy (non-hydrogen) atoms. The Morgan fingerprint density at radius 2 is 2.10 bits per heavy atom. The summed E-state index contributed by atoms with van der Waals surface area (Å²) in [6, 6.07) is 11.0. The maximum atomic E-state index is 12.9. The van der Waals surface area contributed by atoms with Crippen molar-refractivity contribution in [1.82, 2.24) is 9.88 Å². The molecule has 2 atom stereocenters. The number of hydrogen-bond acceptors (Lipinski definition) is 6. The lowest BCUT2D eigenvalue weighted by molar-refractivity contribution is 0.114. The number of benzene rings is 1. The molecule has 0 aliphatic carbocycles. The molecule has 4 rings (SSSR count). The van der Waals surface area contributed by atoms with Crippen LogP contribution in [0, 0.1) is 0 Å². The number of para-hydroxylation sites is 1. The Balaban J connectivity index is 1.66. The predicted molar refractivity (Wildman–Crippen MR) is 114 cm³/mol. The molecule has 2 amide bonds. The molecule has 1 aromatic carbocycles. The normalized spacial score (nSPS) is 19.1. The predicted octanol–water partition coefficient (Wildman–Crippen LogP) is 4.08.